The van der Waals surface area contributed by atoms with Crippen LogP contribution in [0.25, 0.3) is 0 Å². The molecule has 1 aromatic rings. The summed E-state index contributed by atoms with van der Waals surface area (Å²) in [6.45, 7) is 3.62. The van der Waals surface area contributed by atoms with E-state index in [0.717, 1.165) is 0 Å². The molecule has 1 N–H and O–H groups in total. The quantitative estimate of drug-likeness (QED) is 0.927. The van der Waals surface area contributed by atoms with E-state index in [1.807, 2.05) is 13.8 Å². The molecular weight excluding hydrogens is 286 g/mol. The lowest BCUT2D eigenvalue weighted by molar-refractivity contribution is -0.121. The topological polar surface area (TPSA) is 63.2 Å². The Morgan fingerprint density at radius 2 is 1.79 bits per heavy atom. The molecule has 0 aliphatic heterocycles. The molecule has 0 bridgehead atoms. The minimum absolute atomic E-state index is 0.0783. The molecule has 4 nitrogen and oxygen atoms in total. The van der Waals surface area contributed by atoms with Crippen molar-refractivity contribution in [3.8, 4) is 0 Å². The Balaban J connectivity index is 2.34. The fraction of sp³-hybridized carbons (Fsp3) is 0.462. The van der Waals surface area contributed by atoms with E-state index in [1.165, 1.54) is 24.3 Å². The van der Waals surface area contributed by atoms with Crippen molar-refractivity contribution in [2.45, 2.75) is 42.4 Å². The van der Waals surface area contributed by atoms with Crippen LogP contribution in [0.2, 0.25) is 5.02 Å². The van der Waals surface area contributed by atoms with Gasteiger partial charge in [0.25, 0.3) is 0 Å². The van der Waals surface area contributed by atoms with E-state index >= 15 is 0 Å². The Morgan fingerprint density at radius 1 is 1.26 bits per heavy atom. The maximum atomic E-state index is 12.5. The van der Waals surface area contributed by atoms with Gasteiger partial charge in [0.15, 0.2) is 14.6 Å². The average molecular weight is 302 g/mol. The van der Waals surface area contributed by atoms with Crippen LogP contribution in [-0.4, -0.2) is 25.1 Å². The van der Waals surface area contributed by atoms with Crippen molar-refractivity contribution < 1.29 is 13.2 Å². The highest BCUT2D eigenvalue weighted by Gasteiger charge is 2.61. The van der Waals surface area contributed by atoms with Gasteiger partial charge in [-0.1, -0.05) is 11.6 Å². The summed E-state index contributed by atoms with van der Waals surface area (Å²) in [6.07, 6.45) is 0.743. The summed E-state index contributed by atoms with van der Waals surface area (Å²) in [6, 6.07) is 5.85. The standard InChI is InChI=1S/C13H16ClNO3S/c1-9(2)15-12(16)13(7-8-13)19(17,18)11-5-3-10(14)4-6-11/h3-6,9H,7-8H2,1-2H3,(H,15,16). The maximum absolute atomic E-state index is 12.5. The SMILES string of the molecule is CC(C)NC(=O)C1(S(=O)(=O)c2ccc(Cl)cc2)CC1. The van der Waals surface area contributed by atoms with Gasteiger partial charge in [-0.3, -0.25) is 4.79 Å². The van der Waals surface area contributed by atoms with Gasteiger partial charge in [0.2, 0.25) is 5.91 Å². The lowest BCUT2D eigenvalue weighted by atomic mass is 10.3. The largest absolute Gasteiger partial charge is 0.353 e. The van der Waals surface area contributed by atoms with Gasteiger partial charge >= 0.3 is 0 Å². The van der Waals surface area contributed by atoms with E-state index in [4.69, 9.17) is 11.6 Å². The van der Waals surface area contributed by atoms with Crippen LogP contribution in [0.1, 0.15) is 26.7 Å². The Kier molecular flexibility index (Phi) is 3.62. The van der Waals surface area contributed by atoms with Gasteiger partial charge in [-0.15, -0.1) is 0 Å². The summed E-state index contributed by atoms with van der Waals surface area (Å²) < 4.78 is 23.8. The molecule has 2 rings (SSSR count). The molecule has 0 radical (unpaired) electrons. The van der Waals surface area contributed by atoms with E-state index < -0.39 is 20.5 Å². The Labute approximate surface area is 118 Å². The predicted molar refractivity (Wildman–Crippen MR) is 73.9 cm³/mol. The summed E-state index contributed by atoms with van der Waals surface area (Å²) in [7, 11) is -3.66. The number of hydrogen-bond acceptors (Lipinski definition) is 3. The number of rotatable bonds is 4. The van der Waals surface area contributed by atoms with Crippen molar-refractivity contribution in [1.29, 1.82) is 0 Å². The van der Waals surface area contributed by atoms with Crippen LogP contribution in [0, 0.1) is 0 Å². The third-order valence-electron chi connectivity index (χ3n) is 3.18. The zero-order chi connectivity index (χ0) is 14.3. The van der Waals surface area contributed by atoms with E-state index in [2.05, 4.69) is 5.32 Å². The molecule has 1 saturated carbocycles. The number of sulfone groups is 1. The van der Waals surface area contributed by atoms with Crippen molar-refractivity contribution in [2.75, 3.05) is 0 Å². The number of carbonyl (C=O) groups excluding carboxylic acids is 1. The molecule has 104 valence electrons. The first-order chi connectivity index (χ1) is 8.79. The Hall–Kier alpha value is -1.07. The highest BCUT2D eigenvalue weighted by Crippen LogP contribution is 2.47. The van der Waals surface area contributed by atoms with Gasteiger partial charge in [0.05, 0.1) is 4.90 Å². The highest BCUT2D eigenvalue weighted by atomic mass is 35.5. The summed E-state index contributed by atoms with van der Waals surface area (Å²) in [5.41, 5.74) is 0. The van der Waals surface area contributed by atoms with Gasteiger partial charge < -0.3 is 5.32 Å². The third kappa shape index (κ3) is 2.49. The molecule has 1 aliphatic rings. The molecule has 0 spiro atoms. The van der Waals surface area contributed by atoms with Crippen LogP contribution < -0.4 is 5.32 Å². The van der Waals surface area contributed by atoms with Crippen molar-refractivity contribution in [3.05, 3.63) is 29.3 Å². The minimum Gasteiger partial charge on any atom is -0.353 e. The molecule has 1 amide bonds. The average Bonchev–Trinajstić information content (AvgIpc) is 3.09. The van der Waals surface area contributed by atoms with Crippen molar-refractivity contribution in [1.82, 2.24) is 5.32 Å². The zero-order valence-electron chi connectivity index (χ0n) is 10.8. The smallest absolute Gasteiger partial charge is 0.242 e. The number of benzene rings is 1. The van der Waals surface area contributed by atoms with Crippen LogP contribution >= 0.6 is 11.6 Å². The van der Waals surface area contributed by atoms with E-state index in [1.54, 1.807) is 0 Å². The molecule has 1 aromatic carbocycles. The first kappa shape index (κ1) is 14.3. The van der Waals surface area contributed by atoms with Crippen LogP contribution in [-0.2, 0) is 14.6 Å². The normalized spacial score (nSPS) is 17.3. The highest BCUT2D eigenvalue weighted by molar-refractivity contribution is 7.94. The fourth-order valence-corrected chi connectivity index (χ4v) is 3.98. The van der Waals surface area contributed by atoms with Crippen LogP contribution in [0.3, 0.4) is 0 Å². The molecular formula is C13H16ClNO3S. The Morgan fingerprint density at radius 3 is 2.21 bits per heavy atom. The number of carbonyl (C=O) groups is 1. The molecule has 0 unspecified atom stereocenters. The van der Waals surface area contributed by atoms with E-state index in [-0.39, 0.29) is 10.9 Å². The molecule has 6 heteroatoms. The molecule has 0 saturated heterocycles. The second-order valence-corrected chi connectivity index (χ2v) is 7.78. The lowest BCUT2D eigenvalue weighted by Crippen LogP contribution is -2.44. The predicted octanol–water partition coefficient (Wildman–Crippen LogP) is 2.17. The number of nitrogens with one attached hydrogen (secondary N) is 1. The first-order valence-electron chi connectivity index (χ1n) is 6.11. The van der Waals surface area contributed by atoms with Crippen molar-refractivity contribution in [3.63, 3.8) is 0 Å². The van der Waals surface area contributed by atoms with Crippen LogP contribution in [0.15, 0.2) is 29.2 Å². The second kappa shape index (κ2) is 4.80. The summed E-state index contributed by atoms with van der Waals surface area (Å²) >= 11 is 5.75. The van der Waals surface area contributed by atoms with Gasteiger partial charge in [0.1, 0.15) is 0 Å². The maximum Gasteiger partial charge on any atom is 0.242 e. The molecule has 0 atom stereocenters. The van der Waals surface area contributed by atoms with Crippen LogP contribution in [0.4, 0.5) is 0 Å². The fourth-order valence-electron chi connectivity index (χ4n) is 1.96. The molecule has 0 aromatic heterocycles. The number of halogens is 1. The van der Waals surface area contributed by atoms with Crippen LogP contribution in [0.5, 0.6) is 0 Å². The first-order valence-corrected chi connectivity index (χ1v) is 7.97. The summed E-state index contributed by atoms with van der Waals surface area (Å²) in [5, 5.41) is 3.16. The number of hydrogen-bond donors (Lipinski definition) is 1. The van der Waals surface area contributed by atoms with Crippen molar-refractivity contribution >= 4 is 27.3 Å². The molecule has 1 aliphatic carbocycles. The van der Waals surface area contributed by atoms with Gasteiger partial charge in [-0.25, -0.2) is 8.42 Å². The van der Waals surface area contributed by atoms with Gasteiger partial charge in [-0.2, -0.15) is 0 Å². The molecule has 0 heterocycles. The lowest BCUT2D eigenvalue weighted by Gasteiger charge is -2.18. The molecule has 19 heavy (non-hydrogen) atoms. The third-order valence-corrected chi connectivity index (χ3v) is 5.94. The molecule has 1 fully saturated rings. The number of amides is 1. The second-order valence-electron chi connectivity index (χ2n) is 5.08. The van der Waals surface area contributed by atoms with Gasteiger partial charge in [0, 0.05) is 11.1 Å². The van der Waals surface area contributed by atoms with Gasteiger partial charge in [-0.05, 0) is 51.0 Å². The summed E-state index contributed by atoms with van der Waals surface area (Å²) in [5.74, 6) is -0.405. The monoisotopic (exact) mass is 301 g/mol. The zero-order valence-corrected chi connectivity index (χ0v) is 12.4. The Bertz CT molecular complexity index is 589. The van der Waals surface area contributed by atoms with E-state index in [9.17, 15) is 13.2 Å². The summed E-state index contributed by atoms with van der Waals surface area (Å²) in [4.78, 5) is 12.3. The van der Waals surface area contributed by atoms with E-state index in [0.29, 0.717) is 17.9 Å². The minimum atomic E-state index is -3.66. The van der Waals surface area contributed by atoms with Crippen molar-refractivity contribution in [2.24, 2.45) is 0 Å².